The van der Waals surface area contributed by atoms with Gasteiger partial charge in [0.1, 0.15) is 18.2 Å². The van der Waals surface area contributed by atoms with E-state index in [4.69, 9.17) is 10.2 Å². The Balaban J connectivity index is 2.88. The lowest BCUT2D eigenvalue weighted by atomic mass is 10.2. The highest BCUT2D eigenvalue weighted by Crippen LogP contribution is 2.18. The molecule has 0 radical (unpaired) electrons. The molecule has 0 saturated carbocycles. The Morgan fingerprint density at radius 3 is 2.64 bits per heavy atom. The number of rotatable bonds is 2. The van der Waals surface area contributed by atoms with E-state index in [0.29, 0.717) is 5.76 Å². The summed E-state index contributed by atoms with van der Waals surface area (Å²) in [5.41, 5.74) is 6.43. The smallest absolute Gasteiger partial charge is 0.123 e. The SMILES string of the molecule is Cc1cc([C@@H](N)CF)oc1C. The number of aryl methyl sites for hydroxylation is 2. The lowest BCUT2D eigenvalue weighted by molar-refractivity contribution is 0.374. The third-order valence-corrected chi connectivity index (χ3v) is 1.72. The van der Waals surface area contributed by atoms with Crippen LogP contribution >= 0.6 is 0 Å². The first-order valence-electron chi connectivity index (χ1n) is 3.53. The lowest BCUT2D eigenvalue weighted by Gasteiger charge is -2.00. The molecule has 0 saturated heterocycles. The Bertz CT molecular complexity index is 225. The van der Waals surface area contributed by atoms with Crippen molar-refractivity contribution in [2.45, 2.75) is 19.9 Å². The maximum atomic E-state index is 12.0. The third kappa shape index (κ3) is 1.60. The predicted molar refractivity (Wildman–Crippen MR) is 41.1 cm³/mol. The third-order valence-electron chi connectivity index (χ3n) is 1.72. The van der Waals surface area contributed by atoms with Crippen LogP contribution in [0.3, 0.4) is 0 Å². The monoisotopic (exact) mass is 157 g/mol. The first-order valence-corrected chi connectivity index (χ1v) is 3.53. The van der Waals surface area contributed by atoms with Crippen LogP contribution in [0.5, 0.6) is 0 Å². The predicted octanol–water partition coefficient (Wildman–Crippen LogP) is 1.87. The summed E-state index contributed by atoms with van der Waals surface area (Å²) in [6.45, 7) is 3.17. The summed E-state index contributed by atoms with van der Waals surface area (Å²) in [5.74, 6) is 1.34. The fourth-order valence-electron chi connectivity index (χ4n) is 0.861. The molecule has 1 rings (SSSR count). The number of nitrogens with two attached hydrogens (primary N) is 1. The Hall–Kier alpha value is -0.830. The van der Waals surface area contributed by atoms with Gasteiger partial charge in [0, 0.05) is 0 Å². The van der Waals surface area contributed by atoms with E-state index >= 15 is 0 Å². The number of furan rings is 1. The minimum Gasteiger partial charge on any atom is -0.464 e. The van der Waals surface area contributed by atoms with E-state index in [-0.39, 0.29) is 0 Å². The summed E-state index contributed by atoms with van der Waals surface area (Å²) < 4.78 is 17.2. The van der Waals surface area contributed by atoms with Gasteiger partial charge in [-0.2, -0.15) is 0 Å². The molecule has 0 aromatic carbocycles. The Labute approximate surface area is 65.2 Å². The zero-order valence-corrected chi connectivity index (χ0v) is 6.73. The van der Waals surface area contributed by atoms with E-state index in [9.17, 15) is 4.39 Å². The summed E-state index contributed by atoms with van der Waals surface area (Å²) in [6, 6.07) is 1.17. The highest BCUT2D eigenvalue weighted by molar-refractivity contribution is 5.20. The fourth-order valence-corrected chi connectivity index (χ4v) is 0.861. The molecule has 0 bridgehead atoms. The van der Waals surface area contributed by atoms with Crippen molar-refractivity contribution in [3.8, 4) is 0 Å². The molecule has 1 aromatic heterocycles. The van der Waals surface area contributed by atoms with Crippen LogP contribution in [0, 0.1) is 13.8 Å². The van der Waals surface area contributed by atoms with E-state index in [1.54, 1.807) is 6.07 Å². The molecule has 0 aliphatic carbocycles. The molecule has 0 fully saturated rings. The van der Waals surface area contributed by atoms with E-state index in [1.165, 1.54) is 0 Å². The summed E-state index contributed by atoms with van der Waals surface area (Å²) >= 11 is 0. The minimum absolute atomic E-state index is 0.530. The van der Waals surface area contributed by atoms with E-state index < -0.39 is 12.7 Å². The second kappa shape index (κ2) is 3.05. The number of alkyl halides is 1. The normalized spacial score (nSPS) is 13.5. The van der Waals surface area contributed by atoms with Gasteiger partial charge in [-0.25, -0.2) is 4.39 Å². The summed E-state index contributed by atoms with van der Waals surface area (Å²) in [7, 11) is 0. The summed E-state index contributed by atoms with van der Waals surface area (Å²) in [5, 5.41) is 0. The molecule has 11 heavy (non-hydrogen) atoms. The van der Waals surface area contributed by atoms with Crippen molar-refractivity contribution in [2.24, 2.45) is 5.73 Å². The Kier molecular flexibility index (Phi) is 2.29. The molecule has 0 spiro atoms. The molecule has 2 nitrogen and oxygen atoms in total. The Morgan fingerprint density at radius 2 is 2.27 bits per heavy atom. The topological polar surface area (TPSA) is 39.2 Å². The second-order valence-corrected chi connectivity index (χ2v) is 2.65. The van der Waals surface area contributed by atoms with Gasteiger partial charge >= 0.3 is 0 Å². The van der Waals surface area contributed by atoms with Crippen LogP contribution in [0.2, 0.25) is 0 Å². The summed E-state index contributed by atoms with van der Waals surface area (Å²) in [4.78, 5) is 0. The molecule has 0 aliphatic rings. The first-order chi connectivity index (χ1) is 5.15. The van der Waals surface area contributed by atoms with Gasteiger partial charge in [-0.05, 0) is 25.5 Å². The highest BCUT2D eigenvalue weighted by atomic mass is 19.1. The first kappa shape index (κ1) is 8.27. The van der Waals surface area contributed by atoms with Gasteiger partial charge in [0.05, 0.1) is 6.04 Å². The molecule has 1 atom stereocenters. The number of hydrogen-bond acceptors (Lipinski definition) is 2. The molecule has 1 aromatic rings. The average Bonchev–Trinajstić information content (AvgIpc) is 2.31. The van der Waals surface area contributed by atoms with E-state index in [1.807, 2.05) is 13.8 Å². The molecule has 0 aliphatic heterocycles. The van der Waals surface area contributed by atoms with Crippen LogP contribution in [-0.4, -0.2) is 6.67 Å². The van der Waals surface area contributed by atoms with Crippen molar-refractivity contribution in [1.82, 2.24) is 0 Å². The maximum absolute atomic E-state index is 12.0. The van der Waals surface area contributed by atoms with Crippen LogP contribution in [0.25, 0.3) is 0 Å². The summed E-state index contributed by atoms with van der Waals surface area (Å²) in [6.07, 6.45) is 0. The van der Waals surface area contributed by atoms with Gasteiger partial charge in [0.25, 0.3) is 0 Å². The molecule has 3 heteroatoms. The average molecular weight is 157 g/mol. The molecular weight excluding hydrogens is 145 g/mol. The van der Waals surface area contributed by atoms with Crippen molar-refractivity contribution >= 4 is 0 Å². The van der Waals surface area contributed by atoms with Crippen molar-refractivity contribution in [3.63, 3.8) is 0 Å². The lowest BCUT2D eigenvalue weighted by Crippen LogP contribution is -2.10. The largest absolute Gasteiger partial charge is 0.464 e. The van der Waals surface area contributed by atoms with Crippen molar-refractivity contribution in [1.29, 1.82) is 0 Å². The van der Waals surface area contributed by atoms with Crippen molar-refractivity contribution in [3.05, 3.63) is 23.2 Å². The van der Waals surface area contributed by atoms with E-state index in [2.05, 4.69) is 0 Å². The second-order valence-electron chi connectivity index (χ2n) is 2.65. The van der Waals surface area contributed by atoms with Crippen LogP contribution in [0.1, 0.15) is 23.1 Å². The molecule has 62 valence electrons. The molecule has 0 amide bonds. The van der Waals surface area contributed by atoms with Crippen molar-refractivity contribution < 1.29 is 8.81 Å². The standard InChI is InChI=1S/C8H12FNO/c1-5-3-8(7(10)4-9)11-6(5)2/h3,7H,4,10H2,1-2H3/t7-/m0/s1. The highest BCUT2D eigenvalue weighted by Gasteiger charge is 2.10. The van der Waals surface area contributed by atoms with Gasteiger partial charge in [-0.3, -0.25) is 0 Å². The Morgan fingerprint density at radius 1 is 1.64 bits per heavy atom. The van der Waals surface area contributed by atoms with Crippen LogP contribution in [0.15, 0.2) is 10.5 Å². The van der Waals surface area contributed by atoms with Gasteiger partial charge in [0.15, 0.2) is 0 Å². The quantitative estimate of drug-likeness (QED) is 0.711. The molecular formula is C8H12FNO. The van der Waals surface area contributed by atoms with Gasteiger partial charge < -0.3 is 10.2 Å². The van der Waals surface area contributed by atoms with Gasteiger partial charge in [-0.15, -0.1) is 0 Å². The maximum Gasteiger partial charge on any atom is 0.123 e. The zero-order chi connectivity index (χ0) is 8.43. The van der Waals surface area contributed by atoms with Crippen LogP contribution in [0.4, 0.5) is 4.39 Å². The molecule has 2 N–H and O–H groups in total. The zero-order valence-electron chi connectivity index (χ0n) is 6.73. The van der Waals surface area contributed by atoms with E-state index in [0.717, 1.165) is 11.3 Å². The number of hydrogen-bond donors (Lipinski definition) is 1. The van der Waals surface area contributed by atoms with Gasteiger partial charge in [-0.1, -0.05) is 0 Å². The van der Waals surface area contributed by atoms with Gasteiger partial charge in [0.2, 0.25) is 0 Å². The molecule has 0 unspecified atom stereocenters. The minimum atomic E-state index is -0.609. The van der Waals surface area contributed by atoms with Crippen LogP contribution in [-0.2, 0) is 0 Å². The van der Waals surface area contributed by atoms with Crippen LogP contribution < -0.4 is 5.73 Å². The van der Waals surface area contributed by atoms with Crippen molar-refractivity contribution in [2.75, 3.05) is 6.67 Å². The molecule has 1 heterocycles. The number of halogens is 1. The fraction of sp³-hybridized carbons (Fsp3) is 0.500.